The number of benzene rings is 1. The van der Waals surface area contributed by atoms with E-state index in [1.165, 1.54) is 17.8 Å². The van der Waals surface area contributed by atoms with E-state index in [0.717, 1.165) is 5.69 Å². The minimum absolute atomic E-state index is 0.0406. The van der Waals surface area contributed by atoms with Crippen LogP contribution in [0, 0.1) is 0 Å². The maximum absolute atomic E-state index is 11.0. The van der Waals surface area contributed by atoms with Gasteiger partial charge in [-0.15, -0.1) is 5.10 Å². The molecule has 1 aromatic heterocycles. The monoisotopic (exact) mass is 245 g/mol. The van der Waals surface area contributed by atoms with Gasteiger partial charge in [-0.2, -0.15) is 0 Å². The molecule has 0 bridgehead atoms. The second kappa shape index (κ2) is 4.70. The van der Waals surface area contributed by atoms with Gasteiger partial charge in [0, 0.05) is 13.1 Å². The largest absolute Gasteiger partial charge is 0.477 e. The van der Waals surface area contributed by atoms with E-state index < -0.39 is 5.97 Å². The number of carboxylic acid groups (broad SMARTS) is 1. The summed E-state index contributed by atoms with van der Waals surface area (Å²) in [7, 11) is 0. The van der Waals surface area contributed by atoms with Crippen molar-refractivity contribution in [3.63, 3.8) is 0 Å². The zero-order valence-corrected chi connectivity index (χ0v) is 9.62. The molecule has 0 saturated carbocycles. The first-order chi connectivity index (χ1) is 8.58. The second-order valence-corrected chi connectivity index (χ2v) is 3.66. The van der Waals surface area contributed by atoms with Crippen LogP contribution in [0.2, 0.25) is 0 Å². The highest BCUT2D eigenvalue weighted by Gasteiger charge is 2.16. The van der Waals surface area contributed by atoms with E-state index >= 15 is 0 Å². The number of rotatable bonds is 3. The number of aromatic nitrogens is 2. The summed E-state index contributed by atoms with van der Waals surface area (Å²) in [6, 6.07) is 9.05. The zero-order valence-electron chi connectivity index (χ0n) is 9.62. The molecule has 0 aliphatic carbocycles. The highest BCUT2D eigenvalue weighted by atomic mass is 16.4. The predicted octanol–water partition coefficient (Wildman–Crippen LogP) is 1.53. The van der Waals surface area contributed by atoms with Crippen LogP contribution in [0.3, 0.4) is 0 Å². The highest BCUT2D eigenvalue weighted by molar-refractivity contribution is 5.98. The average molecular weight is 245 g/mol. The third-order valence-corrected chi connectivity index (χ3v) is 2.26. The van der Waals surface area contributed by atoms with Crippen LogP contribution in [0.4, 0.5) is 5.82 Å². The number of anilines is 1. The van der Waals surface area contributed by atoms with Gasteiger partial charge >= 0.3 is 5.97 Å². The first-order valence-electron chi connectivity index (χ1n) is 5.24. The van der Waals surface area contributed by atoms with Crippen LogP contribution in [-0.2, 0) is 4.79 Å². The van der Waals surface area contributed by atoms with Crippen LogP contribution in [0.15, 0.2) is 36.5 Å². The van der Waals surface area contributed by atoms with Gasteiger partial charge in [-0.1, -0.05) is 18.2 Å². The fourth-order valence-corrected chi connectivity index (χ4v) is 1.50. The van der Waals surface area contributed by atoms with E-state index in [9.17, 15) is 9.59 Å². The Morgan fingerprint density at radius 3 is 2.50 bits per heavy atom. The van der Waals surface area contributed by atoms with Gasteiger partial charge < -0.3 is 10.4 Å². The summed E-state index contributed by atoms with van der Waals surface area (Å²) in [5.74, 6) is -1.46. The summed E-state index contributed by atoms with van der Waals surface area (Å²) < 4.78 is 1.41. The molecule has 0 saturated heterocycles. The van der Waals surface area contributed by atoms with E-state index in [4.69, 9.17) is 5.11 Å². The van der Waals surface area contributed by atoms with Gasteiger partial charge in [0.25, 0.3) is 0 Å². The molecule has 6 nitrogen and oxygen atoms in total. The molecule has 6 heteroatoms. The summed E-state index contributed by atoms with van der Waals surface area (Å²) in [5, 5.41) is 15.5. The third kappa shape index (κ3) is 2.37. The van der Waals surface area contributed by atoms with Crippen LogP contribution in [0.25, 0.3) is 5.69 Å². The number of nitrogens with one attached hydrogen (secondary N) is 1. The Balaban J connectivity index is 2.45. The molecule has 0 atom stereocenters. The zero-order chi connectivity index (χ0) is 13.1. The molecular weight excluding hydrogens is 234 g/mol. The number of carbonyl (C=O) groups is 2. The van der Waals surface area contributed by atoms with Crippen molar-refractivity contribution in [1.82, 2.24) is 9.78 Å². The fraction of sp³-hybridized carbons (Fsp3) is 0.0833. The first-order valence-corrected chi connectivity index (χ1v) is 5.24. The van der Waals surface area contributed by atoms with Crippen molar-refractivity contribution < 1.29 is 14.7 Å². The summed E-state index contributed by atoms with van der Waals surface area (Å²) in [4.78, 5) is 22.0. The molecule has 0 aliphatic heterocycles. The Kier molecular flexibility index (Phi) is 3.09. The van der Waals surface area contributed by atoms with Crippen LogP contribution in [-0.4, -0.2) is 26.8 Å². The molecule has 1 amide bonds. The van der Waals surface area contributed by atoms with Crippen molar-refractivity contribution >= 4 is 17.7 Å². The van der Waals surface area contributed by atoms with Gasteiger partial charge in [0.15, 0.2) is 5.82 Å². The Morgan fingerprint density at radius 1 is 1.28 bits per heavy atom. The van der Waals surface area contributed by atoms with Gasteiger partial charge in [-0.25, -0.2) is 9.48 Å². The molecule has 92 valence electrons. The van der Waals surface area contributed by atoms with E-state index in [-0.39, 0.29) is 17.3 Å². The quantitative estimate of drug-likeness (QED) is 0.858. The minimum Gasteiger partial charge on any atom is -0.477 e. The molecule has 2 N–H and O–H groups in total. The van der Waals surface area contributed by atoms with Crippen molar-refractivity contribution in [3.8, 4) is 5.69 Å². The van der Waals surface area contributed by atoms with Crippen molar-refractivity contribution in [3.05, 3.63) is 42.1 Å². The number of para-hydroxylation sites is 1. The van der Waals surface area contributed by atoms with E-state index in [1.807, 2.05) is 18.2 Å². The lowest BCUT2D eigenvalue weighted by atomic mass is 10.3. The molecular formula is C12H11N3O3. The van der Waals surface area contributed by atoms with E-state index in [0.29, 0.717) is 0 Å². The molecule has 18 heavy (non-hydrogen) atoms. The molecule has 0 spiro atoms. The molecule has 1 heterocycles. The number of aromatic carboxylic acids is 1. The van der Waals surface area contributed by atoms with Gasteiger partial charge in [0.05, 0.1) is 5.69 Å². The molecule has 1 aromatic carbocycles. The Hall–Kier alpha value is -2.63. The second-order valence-electron chi connectivity index (χ2n) is 3.66. The Morgan fingerprint density at radius 2 is 1.94 bits per heavy atom. The van der Waals surface area contributed by atoms with Gasteiger partial charge in [0.2, 0.25) is 5.91 Å². The molecule has 0 fully saturated rings. The number of nitrogens with zero attached hydrogens (tertiary/aromatic N) is 2. The maximum atomic E-state index is 11.0. The lowest BCUT2D eigenvalue weighted by molar-refractivity contribution is -0.114. The Labute approximate surface area is 103 Å². The number of hydrogen-bond donors (Lipinski definition) is 2. The minimum atomic E-state index is -1.14. The Bertz CT molecular complexity index is 590. The highest BCUT2D eigenvalue weighted by Crippen LogP contribution is 2.16. The van der Waals surface area contributed by atoms with Crippen molar-refractivity contribution in [1.29, 1.82) is 0 Å². The maximum Gasteiger partial charge on any atom is 0.341 e. The lowest BCUT2D eigenvalue weighted by Crippen LogP contribution is -2.10. The number of carbonyl (C=O) groups excluding carboxylic acids is 1. The van der Waals surface area contributed by atoms with Crippen molar-refractivity contribution in [2.75, 3.05) is 5.32 Å². The standard InChI is InChI=1S/C12H11N3O3/c1-8(16)13-11-10(12(17)18)7-15(14-11)9-5-3-2-4-6-9/h2-7H,1H3,(H,17,18)(H,13,14,16). The summed E-state index contributed by atoms with van der Waals surface area (Å²) in [5.41, 5.74) is 0.672. The topological polar surface area (TPSA) is 84.2 Å². The molecule has 0 unspecified atom stereocenters. The molecule has 0 aliphatic rings. The number of carboxylic acids is 1. The predicted molar refractivity (Wildman–Crippen MR) is 64.8 cm³/mol. The third-order valence-electron chi connectivity index (χ3n) is 2.26. The molecule has 0 radical (unpaired) electrons. The lowest BCUT2D eigenvalue weighted by Gasteiger charge is -1.99. The first kappa shape index (κ1) is 11.8. The summed E-state index contributed by atoms with van der Waals surface area (Å²) in [6.07, 6.45) is 1.36. The van der Waals surface area contributed by atoms with Gasteiger partial charge in [-0.05, 0) is 12.1 Å². The summed E-state index contributed by atoms with van der Waals surface area (Å²) >= 11 is 0. The van der Waals surface area contributed by atoms with Crippen LogP contribution < -0.4 is 5.32 Å². The number of hydrogen-bond acceptors (Lipinski definition) is 3. The van der Waals surface area contributed by atoms with Gasteiger partial charge in [0.1, 0.15) is 5.56 Å². The van der Waals surface area contributed by atoms with Crippen molar-refractivity contribution in [2.45, 2.75) is 6.92 Å². The van der Waals surface area contributed by atoms with E-state index in [1.54, 1.807) is 12.1 Å². The van der Waals surface area contributed by atoms with Crippen LogP contribution in [0.1, 0.15) is 17.3 Å². The molecule has 2 aromatic rings. The normalized spacial score (nSPS) is 10.1. The van der Waals surface area contributed by atoms with Crippen molar-refractivity contribution in [2.24, 2.45) is 0 Å². The summed E-state index contributed by atoms with van der Waals surface area (Å²) in [6.45, 7) is 1.30. The average Bonchev–Trinajstić information content (AvgIpc) is 2.73. The SMILES string of the molecule is CC(=O)Nc1nn(-c2ccccc2)cc1C(=O)O. The smallest absolute Gasteiger partial charge is 0.341 e. The fourth-order valence-electron chi connectivity index (χ4n) is 1.50. The van der Waals surface area contributed by atoms with Crippen LogP contribution >= 0.6 is 0 Å². The van der Waals surface area contributed by atoms with E-state index in [2.05, 4.69) is 10.4 Å². The van der Waals surface area contributed by atoms with Gasteiger partial charge in [-0.3, -0.25) is 4.79 Å². The van der Waals surface area contributed by atoms with Crippen LogP contribution in [0.5, 0.6) is 0 Å². The molecule has 2 rings (SSSR count). The number of amides is 1.